The maximum absolute atomic E-state index is 13.5. The first kappa shape index (κ1) is 55.4. The summed E-state index contributed by atoms with van der Waals surface area (Å²) in [4.78, 5) is 47.4. The number of imide groups is 1. The molecular formula is C40H60F4N2O17. The summed E-state index contributed by atoms with van der Waals surface area (Å²) < 4.78 is 123. The van der Waals surface area contributed by atoms with E-state index in [4.69, 9.17) is 56.8 Å². The van der Waals surface area contributed by atoms with Gasteiger partial charge in [-0.2, -0.15) is 8.78 Å². The van der Waals surface area contributed by atoms with E-state index in [1.54, 1.807) is 0 Å². The van der Waals surface area contributed by atoms with E-state index in [2.05, 4.69) is 10.1 Å². The van der Waals surface area contributed by atoms with Crippen LogP contribution in [0.3, 0.4) is 0 Å². The summed E-state index contributed by atoms with van der Waals surface area (Å²) in [7, 11) is 0. The fraction of sp³-hybridized carbons (Fsp3) is 0.700. The Morgan fingerprint density at radius 3 is 1.08 bits per heavy atom. The minimum atomic E-state index is -1.80. The third-order valence-corrected chi connectivity index (χ3v) is 7.86. The Morgan fingerprint density at radius 2 is 0.746 bits per heavy atom. The summed E-state index contributed by atoms with van der Waals surface area (Å²) in [5, 5.41) is 2.67. The van der Waals surface area contributed by atoms with Crippen molar-refractivity contribution >= 4 is 23.7 Å². The number of carbonyl (C=O) groups is 4. The zero-order chi connectivity index (χ0) is 45.6. The minimum absolute atomic E-state index is 0.0131. The zero-order valence-electron chi connectivity index (χ0n) is 35.4. The number of ether oxygens (including phenoxy) is 13. The van der Waals surface area contributed by atoms with Crippen molar-refractivity contribution in [1.82, 2.24) is 10.2 Å². The van der Waals surface area contributed by atoms with Crippen LogP contribution in [0.2, 0.25) is 0 Å². The zero-order valence-corrected chi connectivity index (χ0v) is 35.4. The van der Waals surface area contributed by atoms with Gasteiger partial charge in [0.2, 0.25) is 23.3 Å². The number of halogens is 4. The van der Waals surface area contributed by atoms with Gasteiger partial charge in [0, 0.05) is 37.7 Å². The first-order valence-corrected chi connectivity index (χ1v) is 20.5. The number of carbonyl (C=O) groups excluding carboxylic acids is 4. The summed E-state index contributed by atoms with van der Waals surface area (Å²) in [5.74, 6) is -10.6. The van der Waals surface area contributed by atoms with E-state index in [0.29, 0.717) is 139 Å². The Labute approximate surface area is 363 Å². The molecule has 1 aliphatic heterocycles. The van der Waals surface area contributed by atoms with Gasteiger partial charge in [-0.15, -0.1) is 0 Å². The maximum Gasteiger partial charge on any atom is 0.313 e. The molecule has 63 heavy (non-hydrogen) atoms. The van der Waals surface area contributed by atoms with Gasteiger partial charge < -0.3 is 66.9 Å². The number of rotatable bonds is 43. The number of esters is 1. The van der Waals surface area contributed by atoms with Gasteiger partial charge in [0.25, 0.3) is 11.8 Å². The van der Waals surface area contributed by atoms with Crippen LogP contribution in [0.25, 0.3) is 0 Å². The third-order valence-electron chi connectivity index (χ3n) is 7.86. The first-order valence-electron chi connectivity index (χ1n) is 20.5. The summed E-state index contributed by atoms with van der Waals surface area (Å²) in [5.41, 5.74) is 0. The summed E-state index contributed by atoms with van der Waals surface area (Å²) in [6.45, 7) is 8.86. The SMILES string of the molecule is O=C(CCN1C(=O)C=CC1=O)NCCOCCOCCOCCOCCOCCOCCOCCOCCOCCOCCOCCOCCC(=O)Oc1c(F)c(F)cc(F)c1F. The van der Waals surface area contributed by atoms with Crippen LogP contribution in [0.5, 0.6) is 5.75 Å². The predicted molar refractivity (Wildman–Crippen MR) is 210 cm³/mol. The van der Waals surface area contributed by atoms with Gasteiger partial charge in [-0.05, 0) is 0 Å². The largest absolute Gasteiger partial charge is 0.420 e. The lowest BCUT2D eigenvalue weighted by molar-refractivity contribution is -0.138. The van der Waals surface area contributed by atoms with E-state index in [0.717, 1.165) is 4.90 Å². The van der Waals surface area contributed by atoms with E-state index in [1.807, 2.05) is 0 Å². The van der Waals surface area contributed by atoms with Gasteiger partial charge in [0.05, 0.1) is 165 Å². The number of amides is 3. The van der Waals surface area contributed by atoms with Gasteiger partial charge in [0.1, 0.15) is 0 Å². The van der Waals surface area contributed by atoms with Crippen molar-refractivity contribution in [1.29, 1.82) is 0 Å². The molecule has 0 atom stereocenters. The fourth-order valence-electron chi connectivity index (χ4n) is 4.70. The van der Waals surface area contributed by atoms with Crippen LogP contribution in [-0.2, 0) is 76.0 Å². The highest BCUT2D eigenvalue weighted by Crippen LogP contribution is 2.26. The normalized spacial score (nSPS) is 12.5. The molecule has 0 aliphatic carbocycles. The molecule has 0 unspecified atom stereocenters. The van der Waals surface area contributed by atoms with E-state index in [9.17, 15) is 36.7 Å². The second kappa shape index (κ2) is 37.6. The van der Waals surface area contributed by atoms with Crippen LogP contribution in [0.4, 0.5) is 17.6 Å². The summed E-state index contributed by atoms with van der Waals surface area (Å²) in [6.07, 6.45) is 2.00. The molecule has 19 nitrogen and oxygen atoms in total. The van der Waals surface area contributed by atoms with Crippen molar-refractivity contribution in [3.05, 3.63) is 41.5 Å². The van der Waals surface area contributed by atoms with Crippen molar-refractivity contribution in [3.8, 4) is 5.75 Å². The molecule has 1 aliphatic rings. The van der Waals surface area contributed by atoms with Gasteiger partial charge in [-0.1, -0.05) is 0 Å². The van der Waals surface area contributed by atoms with Crippen LogP contribution in [0.1, 0.15) is 12.8 Å². The van der Waals surface area contributed by atoms with Gasteiger partial charge in [-0.3, -0.25) is 24.1 Å². The minimum Gasteiger partial charge on any atom is -0.420 e. The molecule has 0 bridgehead atoms. The van der Waals surface area contributed by atoms with Crippen LogP contribution in [0.15, 0.2) is 18.2 Å². The molecule has 0 saturated heterocycles. The Hall–Kier alpha value is -3.72. The first-order chi connectivity index (χ1) is 30.7. The molecule has 3 amide bonds. The van der Waals surface area contributed by atoms with Crippen LogP contribution in [-0.4, -0.2) is 200 Å². The predicted octanol–water partition coefficient (Wildman–Crippen LogP) is 1.17. The molecule has 1 aromatic rings. The average molecular weight is 917 g/mol. The van der Waals surface area contributed by atoms with Gasteiger partial charge in [0.15, 0.2) is 11.6 Å². The Bertz CT molecular complexity index is 1400. The summed E-state index contributed by atoms with van der Waals surface area (Å²) >= 11 is 0. The maximum atomic E-state index is 13.5. The molecular weight excluding hydrogens is 856 g/mol. The fourth-order valence-corrected chi connectivity index (χ4v) is 4.70. The Kier molecular flexibility index (Phi) is 33.1. The highest BCUT2D eigenvalue weighted by molar-refractivity contribution is 6.13. The lowest BCUT2D eigenvalue weighted by Crippen LogP contribution is -2.35. The molecule has 0 fully saturated rings. The van der Waals surface area contributed by atoms with Crippen LogP contribution >= 0.6 is 0 Å². The molecule has 2 rings (SSSR count). The highest BCUT2D eigenvalue weighted by Gasteiger charge is 2.24. The van der Waals surface area contributed by atoms with E-state index >= 15 is 0 Å². The van der Waals surface area contributed by atoms with Gasteiger partial charge >= 0.3 is 5.97 Å². The van der Waals surface area contributed by atoms with Crippen molar-refractivity contribution < 1.29 is 98.3 Å². The molecule has 0 spiro atoms. The number of benzene rings is 1. The molecule has 23 heteroatoms. The lowest BCUT2D eigenvalue weighted by Gasteiger charge is -2.13. The number of nitrogens with one attached hydrogen (secondary N) is 1. The standard InChI is InChI=1S/C40H60F4N2O17/c41-32-31-33(42)39(44)40(38(32)43)63-37(50)4-7-51-9-11-53-13-15-55-17-19-57-21-23-59-25-27-61-29-30-62-28-26-60-24-22-58-20-18-56-16-14-54-12-10-52-8-5-45-34(47)3-6-46-35(48)1-2-36(46)49/h1-2,31H,3-30H2,(H,45,47). The molecule has 0 saturated carbocycles. The second-order valence-corrected chi connectivity index (χ2v) is 12.6. The second-order valence-electron chi connectivity index (χ2n) is 12.6. The number of hydrogen-bond donors (Lipinski definition) is 1. The van der Waals surface area contributed by atoms with Crippen LogP contribution in [0, 0.1) is 23.3 Å². The molecule has 1 heterocycles. The topological polar surface area (TPSA) is 204 Å². The molecule has 0 aromatic heterocycles. The van der Waals surface area contributed by atoms with E-state index in [1.165, 1.54) is 12.2 Å². The molecule has 1 aromatic carbocycles. The summed E-state index contributed by atoms with van der Waals surface area (Å²) in [6, 6.07) is 0.0131. The van der Waals surface area contributed by atoms with E-state index < -0.39 is 53.2 Å². The smallest absolute Gasteiger partial charge is 0.313 e. The lowest BCUT2D eigenvalue weighted by atomic mass is 10.3. The number of nitrogens with zero attached hydrogens (tertiary/aromatic N) is 1. The van der Waals surface area contributed by atoms with Crippen LogP contribution < -0.4 is 10.1 Å². The van der Waals surface area contributed by atoms with E-state index in [-0.39, 0.29) is 51.4 Å². The monoisotopic (exact) mass is 916 g/mol. The quantitative estimate of drug-likeness (QED) is 0.0244. The molecule has 0 radical (unpaired) electrons. The average Bonchev–Trinajstić information content (AvgIpc) is 3.59. The van der Waals surface area contributed by atoms with Crippen molar-refractivity contribution in [2.45, 2.75) is 12.8 Å². The molecule has 360 valence electrons. The van der Waals surface area contributed by atoms with Crippen molar-refractivity contribution in [2.75, 3.05) is 172 Å². The third kappa shape index (κ3) is 28.6. The highest BCUT2D eigenvalue weighted by atomic mass is 19.2. The van der Waals surface area contributed by atoms with Crippen molar-refractivity contribution in [2.24, 2.45) is 0 Å². The number of hydrogen-bond acceptors (Lipinski definition) is 17. The van der Waals surface area contributed by atoms with Crippen molar-refractivity contribution in [3.63, 3.8) is 0 Å². The Balaban J connectivity index is 1.16. The Morgan fingerprint density at radius 1 is 0.444 bits per heavy atom. The van der Waals surface area contributed by atoms with Gasteiger partial charge in [-0.25, -0.2) is 8.78 Å². The molecule has 1 N–H and O–H groups in total.